The van der Waals surface area contributed by atoms with E-state index in [-0.39, 0.29) is 5.91 Å². The molecule has 112 valence electrons. The minimum absolute atomic E-state index is 0.0638. The van der Waals surface area contributed by atoms with Crippen molar-refractivity contribution < 1.29 is 4.79 Å². The van der Waals surface area contributed by atoms with E-state index in [2.05, 4.69) is 37.0 Å². The fourth-order valence-electron chi connectivity index (χ4n) is 2.84. The van der Waals surface area contributed by atoms with E-state index < -0.39 is 4.75 Å². The molecule has 2 aromatic carbocycles. The van der Waals surface area contributed by atoms with E-state index in [1.54, 1.807) is 11.8 Å². The molecule has 3 heteroatoms. The van der Waals surface area contributed by atoms with Gasteiger partial charge in [-0.3, -0.25) is 4.79 Å². The summed E-state index contributed by atoms with van der Waals surface area (Å²) in [5.74, 6) is 0.865. The average molecular weight is 309 g/mol. The Labute approximate surface area is 135 Å². The van der Waals surface area contributed by atoms with E-state index in [4.69, 9.17) is 0 Å². The number of hydrogen-bond acceptors (Lipinski definition) is 2. The van der Waals surface area contributed by atoms with Gasteiger partial charge in [0.05, 0.1) is 0 Å². The number of fused-ring (bicyclic) bond motifs is 1. The molecule has 1 amide bonds. The highest BCUT2D eigenvalue weighted by molar-refractivity contribution is 8.00. The van der Waals surface area contributed by atoms with Crippen LogP contribution in [-0.2, 0) is 15.3 Å². The largest absolute Gasteiger partial charge is 0.324 e. The Morgan fingerprint density at radius 2 is 2.00 bits per heavy atom. The summed E-state index contributed by atoms with van der Waals surface area (Å²) in [6.45, 7) is 5.92. The number of rotatable bonds is 5. The molecule has 0 spiro atoms. The van der Waals surface area contributed by atoms with E-state index in [1.165, 1.54) is 11.1 Å². The number of carbonyl (C=O) groups is 1. The van der Waals surface area contributed by atoms with Crippen molar-refractivity contribution in [1.29, 1.82) is 0 Å². The molecule has 0 fully saturated rings. The van der Waals surface area contributed by atoms with Gasteiger partial charge in [-0.2, -0.15) is 0 Å². The minimum Gasteiger partial charge on any atom is -0.324 e. The van der Waals surface area contributed by atoms with Crippen molar-refractivity contribution in [2.45, 2.75) is 23.8 Å². The minimum atomic E-state index is -0.570. The van der Waals surface area contributed by atoms with Gasteiger partial charge >= 0.3 is 0 Å². The summed E-state index contributed by atoms with van der Waals surface area (Å²) in [7, 11) is 0. The van der Waals surface area contributed by atoms with Crippen LogP contribution >= 0.6 is 11.8 Å². The summed E-state index contributed by atoms with van der Waals surface area (Å²) in [6, 6.07) is 16.4. The molecule has 0 saturated carbocycles. The third-order valence-corrected chi connectivity index (χ3v) is 5.53. The summed E-state index contributed by atoms with van der Waals surface area (Å²) in [5, 5.41) is 3.03. The van der Waals surface area contributed by atoms with Crippen molar-refractivity contribution in [2.75, 3.05) is 5.32 Å². The lowest BCUT2D eigenvalue weighted by atomic mass is 9.95. The first-order valence-electron chi connectivity index (χ1n) is 7.37. The number of carbonyl (C=O) groups excluding carboxylic acids is 1. The van der Waals surface area contributed by atoms with Crippen LogP contribution in [0.4, 0.5) is 5.69 Å². The topological polar surface area (TPSA) is 29.1 Å². The Balaban J connectivity index is 1.96. The maximum Gasteiger partial charge on any atom is 0.245 e. The number of anilines is 1. The van der Waals surface area contributed by atoms with E-state index >= 15 is 0 Å². The van der Waals surface area contributed by atoms with Gasteiger partial charge in [-0.25, -0.2) is 0 Å². The van der Waals surface area contributed by atoms with Crippen LogP contribution in [0.15, 0.2) is 61.2 Å². The SMILES string of the molecule is C=CCC1(SCc2ccccc2)C(=O)Nc2ccc(C)cc21. The quantitative estimate of drug-likeness (QED) is 0.814. The maximum absolute atomic E-state index is 12.7. The third kappa shape index (κ3) is 2.57. The Bertz CT molecular complexity index is 711. The molecule has 0 aromatic heterocycles. The monoisotopic (exact) mass is 309 g/mol. The molecule has 1 unspecified atom stereocenters. The van der Waals surface area contributed by atoms with Crippen molar-refractivity contribution in [2.24, 2.45) is 0 Å². The zero-order valence-corrected chi connectivity index (χ0v) is 13.5. The highest BCUT2D eigenvalue weighted by Crippen LogP contribution is 2.49. The predicted molar refractivity (Wildman–Crippen MR) is 94.0 cm³/mol. The molecule has 1 N–H and O–H groups in total. The van der Waals surface area contributed by atoms with Gasteiger partial charge in [-0.1, -0.05) is 54.1 Å². The molecule has 0 radical (unpaired) electrons. The number of nitrogens with one attached hydrogen (secondary N) is 1. The molecule has 0 aliphatic carbocycles. The molecule has 3 rings (SSSR count). The molecular formula is C19H19NOS. The van der Waals surface area contributed by atoms with Crippen molar-refractivity contribution in [3.8, 4) is 0 Å². The maximum atomic E-state index is 12.7. The Kier molecular flexibility index (Phi) is 4.08. The molecule has 1 heterocycles. The summed E-state index contributed by atoms with van der Waals surface area (Å²) in [6.07, 6.45) is 2.47. The number of hydrogen-bond donors (Lipinski definition) is 1. The molecule has 1 aliphatic heterocycles. The van der Waals surface area contributed by atoms with Gasteiger partial charge in [0.2, 0.25) is 5.91 Å². The standard InChI is InChI=1S/C19H19NOS/c1-3-11-19(22-13-15-7-5-4-6-8-15)16-12-14(2)9-10-17(16)20-18(19)21/h3-10,12H,1,11,13H2,2H3,(H,20,21). The zero-order valence-electron chi connectivity index (χ0n) is 12.6. The van der Waals surface area contributed by atoms with Crippen LogP contribution in [0.2, 0.25) is 0 Å². The smallest absolute Gasteiger partial charge is 0.245 e. The number of benzene rings is 2. The first-order chi connectivity index (χ1) is 10.7. The lowest BCUT2D eigenvalue weighted by molar-refractivity contribution is -0.118. The van der Waals surface area contributed by atoms with Crippen LogP contribution in [0.5, 0.6) is 0 Å². The van der Waals surface area contributed by atoms with Gasteiger partial charge in [-0.15, -0.1) is 18.3 Å². The van der Waals surface area contributed by atoms with Gasteiger partial charge in [0.1, 0.15) is 4.75 Å². The lowest BCUT2D eigenvalue weighted by Crippen LogP contribution is -2.30. The number of amides is 1. The van der Waals surface area contributed by atoms with Gasteiger partial charge in [0, 0.05) is 17.0 Å². The second-order valence-electron chi connectivity index (χ2n) is 5.60. The fourth-order valence-corrected chi connectivity index (χ4v) is 4.18. The van der Waals surface area contributed by atoms with Crippen molar-refractivity contribution >= 4 is 23.4 Å². The van der Waals surface area contributed by atoms with Crippen molar-refractivity contribution in [3.63, 3.8) is 0 Å². The molecule has 1 aliphatic rings. The van der Waals surface area contributed by atoms with Crippen LogP contribution in [-0.4, -0.2) is 5.91 Å². The van der Waals surface area contributed by atoms with Gasteiger partial charge in [-0.05, 0) is 25.0 Å². The van der Waals surface area contributed by atoms with Crippen molar-refractivity contribution in [1.82, 2.24) is 0 Å². The van der Waals surface area contributed by atoms with Crippen LogP contribution in [0.3, 0.4) is 0 Å². The Hall–Kier alpha value is -2.00. The summed E-state index contributed by atoms with van der Waals surface area (Å²) >= 11 is 1.69. The molecule has 0 saturated heterocycles. The number of thioether (sulfide) groups is 1. The number of allylic oxidation sites excluding steroid dienone is 1. The number of aryl methyl sites for hydroxylation is 1. The first kappa shape index (κ1) is 14.9. The summed E-state index contributed by atoms with van der Waals surface area (Å²) < 4.78 is -0.570. The van der Waals surface area contributed by atoms with E-state index in [1.807, 2.05) is 36.4 Å². The Morgan fingerprint density at radius 3 is 2.73 bits per heavy atom. The second kappa shape index (κ2) is 6.01. The van der Waals surface area contributed by atoms with Crippen LogP contribution in [0.1, 0.15) is 23.1 Å². The van der Waals surface area contributed by atoms with E-state index in [0.717, 1.165) is 17.0 Å². The predicted octanol–water partition coefficient (Wildman–Crippen LogP) is 4.65. The third-order valence-electron chi connectivity index (χ3n) is 3.98. The molecule has 1 atom stereocenters. The van der Waals surface area contributed by atoms with Crippen LogP contribution in [0.25, 0.3) is 0 Å². The summed E-state index contributed by atoms with van der Waals surface area (Å²) in [5.41, 5.74) is 4.41. The van der Waals surface area contributed by atoms with Gasteiger partial charge in [0.15, 0.2) is 0 Å². The van der Waals surface area contributed by atoms with Gasteiger partial charge < -0.3 is 5.32 Å². The van der Waals surface area contributed by atoms with Crippen LogP contribution in [0, 0.1) is 6.92 Å². The van der Waals surface area contributed by atoms with E-state index in [9.17, 15) is 4.79 Å². The highest BCUT2D eigenvalue weighted by Gasteiger charge is 2.46. The van der Waals surface area contributed by atoms with Crippen molar-refractivity contribution in [3.05, 3.63) is 77.9 Å². The highest BCUT2D eigenvalue weighted by atomic mass is 32.2. The van der Waals surface area contributed by atoms with Crippen LogP contribution < -0.4 is 5.32 Å². The molecule has 2 nitrogen and oxygen atoms in total. The van der Waals surface area contributed by atoms with E-state index in [0.29, 0.717) is 6.42 Å². The first-order valence-corrected chi connectivity index (χ1v) is 8.35. The lowest BCUT2D eigenvalue weighted by Gasteiger charge is -2.26. The average Bonchev–Trinajstić information content (AvgIpc) is 2.79. The molecule has 2 aromatic rings. The molecule has 22 heavy (non-hydrogen) atoms. The molecule has 0 bridgehead atoms. The second-order valence-corrected chi connectivity index (χ2v) is 6.87. The van der Waals surface area contributed by atoms with Gasteiger partial charge in [0.25, 0.3) is 0 Å². The normalized spacial score (nSPS) is 19.6. The Morgan fingerprint density at radius 1 is 1.23 bits per heavy atom. The summed E-state index contributed by atoms with van der Waals surface area (Å²) in [4.78, 5) is 12.7. The zero-order chi connectivity index (χ0) is 15.6. The fraction of sp³-hybridized carbons (Fsp3) is 0.211. The molecular weight excluding hydrogens is 290 g/mol.